The standard InChI is InChI=1S/C19H19B3FNO7S/c1-29-17(26)12-8-7-11(9-13(12)23)18(20)15(25)14(16(24)30-18)31-32(27,28)19(21,22)10-5-3-2-4-6-10/h2-9H,20-22,24H2,1H3/t18-/m0/s1. The molecule has 2 N–H and O–H groups in total. The van der Waals surface area contributed by atoms with Crippen LogP contribution in [-0.2, 0) is 38.6 Å². The SMILES string of the molecule is BC(B)(c1ccccc1)S(=O)(=O)OC1=C(N)O[C@@](B)(c2ccc(C(=O)OC)c(F)c2)C1=O. The third-order valence-corrected chi connectivity index (χ3v) is 7.26. The van der Waals surface area contributed by atoms with E-state index in [4.69, 9.17) is 14.7 Å². The zero-order valence-electron chi connectivity index (χ0n) is 17.8. The van der Waals surface area contributed by atoms with Gasteiger partial charge < -0.3 is 19.4 Å². The number of hydrogen-bond acceptors (Lipinski definition) is 8. The van der Waals surface area contributed by atoms with Gasteiger partial charge in [0.15, 0.2) is 13.3 Å². The van der Waals surface area contributed by atoms with Crippen LogP contribution in [0.4, 0.5) is 4.39 Å². The predicted octanol–water partition coefficient (Wildman–Crippen LogP) is -1.45. The lowest BCUT2D eigenvalue weighted by Crippen LogP contribution is -2.40. The van der Waals surface area contributed by atoms with Crippen molar-refractivity contribution >= 4 is 45.4 Å². The van der Waals surface area contributed by atoms with Crippen molar-refractivity contribution in [3.8, 4) is 0 Å². The number of rotatable bonds is 6. The number of methoxy groups -OCH3 is 1. The average Bonchev–Trinajstić information content (AvgIpc) is 2.97. The average molecular weight is 457 g/mol. The van der Waals surface area contributed by atoms with Crippen molar-refractivity contribution in [3.63, 3.8) is 0 Å². The second-order valence-corrected chi connectivity index (χ2v) is 9.85. The van der Waals surface area contributed by atoms with E-state index in [0.29, 0.717) is 5.56 Å². The maximum absolute atomic E-state index is 14.4. The fraction of sp³-hybridized carbons (Fsp3) is 0.158. The molecule has 0 saturated carbocycles. The van der Waals surface area contributed by atoms with Crippen LogP contribution in [-0.4, -0.2) is 50.8 Å². The van der Waals surface area contributed by atoms with Gasteiger partial charge in [0.05, 0.1) is 17.2 Å². The van der Waals surface area contributed by atoms with Gasteiger partial charge in [-0.25, -0.2) is 9.18 Å². The van der Waals surface area contributed by atoms with E-state index in [9.17, 15) is 22.4 Å². The van der Waals surface area contributed by atoms with E-state index in [2.05, 4.69) is 4.74 Å². The summed E-state index contributed by atoms with van der Waals surface area (Å²) in [6.07, 6.45) is 0. The molecule has 0 saturated heterocycles. The van der Waals surface area contributed by atoms with Crippen LogP contribution < -0.4 is 5.73 Å². The Kier molecular flexibility index (Phi) is 5.90. The first-order valence-corrected chi connectivity index (χ1v) is 10.9. The molecule has 0 aliphatic carbocycles. The van der Waals surface area contributed by atoms with Gasteiger partial charge in [0.1, 0.15) is 21.5 Å². The van der Waals surface area contributed by atoms with Crippen molar-refractivity contribution in [3.05, 3.63) is 82.7 Å². The number of benzene rings is 2. The van der Waals surface area contributed by atoms with Crippen molar-refractivity contribution in [2.45, 2.75) is 10.0 Å². The highest BCUT2D eigenvalue weighted by Gasteiger charge is 2.51. The maximum atomic E-state index is 14.4. The molecule has 0 spiro atoms. The van der Waals surface area contributed by atoms with Crippen LogP contribution in [0.5, 0.6) is 0 Å². The molecule has 1 aliphatic rings. The molecular formula is C19H19B3FNO7S. The highest BCUT2D eigenvalue weighted by atomic mass is 32.2. The van der Waals surface area contributed by atoms with Gasteiger partial charge in [0.25, 0.3) is 0 Å². The smallest absolute Gasteiger partial charge is 0.340 e. The maximum Gasteiger partial charge on any atom is 0.340 e. The molecule has 0 amide bonds. The molecule has 164 valence electrons. The molecule has 1 heterocycles. The van der Waals surface area contributed by atoms with Crippen LogP contribution in [0.3, 0.4) is 0 Å². The summed E-state index contributed by atoms with van der Waals surface area (Å²) in [5, 5.41) is 0. The molecule has 1 aliphatic heterocycles. The first kappa shape index (κ1) is 23.5. The van der Waals surface area contributed by atoms with Gasteiger partial charge in [-0.3, -0.25) is 4.79 Å². The van der Waals surface area contributed by atoms with Crippen molar-refractivity contribution in [1.82, 2.24) is 0 Å². The lowest BCUT2D eigenvalue weighted by Gasteiger charge is -2.26. The molecule has 1 atom stereocenters. The minimum atomic E-state index is -4.40. The first-order chi connectivity index (χ1) is 14.8. The molecule has 2 aromatic carbocycles. The zero-order valence-corrected chi connectivity index (χ0v) is 18.7. The summed E-state index contributed by atoms with van der Waals surface area (Å²) in [6, 6.07) is 11.6. The van der Waals surface area contributed by atoms with E-state index in [1.807, 2.05) is 0 Å². The number of ether oxygens (including phenoxy) is 2. The van der Waals surface area contributed by atoms with Crippen LogP contribution in [0.2, 0.25) is 0 Å². The minimum absolute atomic E-state index is 0.00826. The van der Waals surface area contributed by atoms with Gasteiger partial charge in [0, 0.05) is 0 Å². The summed E-state index contributed by atoms with van der Waals surface area (Å²) in [5.41, 5.74) is 4.04. The predicted molar refractivity (Wildman–Crippen MR) is 120 cm³/mol. The summed E-state index contributed by atoms with van der Waals surface area (Å²) in [5.74, 6) is -4.00. The monoisotopic (exact) mass is 457 g/mol. The molecule has 2 aromatic rings. The van der Waals surface area contributed by atoms with Crippen LogP contribution in [0, 0.1) is 5.82 Å². The van der Waals surface area contributed by atoms with E-state index in [-0.39, 0.29) is 11.1 Å². The van der Waals surface area contributed by atoms with Gasteiger partial charge in [-0.15, -0.1) is 0 Å². The second kappa shape index (κ2) is 8.05. The van der Waals surface area contributed by atoms with E-state index < -0.39 is 49.4 Å². The summed E-state index contributed by atoms with van der Waals surface area (Å²) >= 11 is 0. The van der Waals surface area contributed by atoms with E-state index in [0.717, 1.165) is 19.2 Å². The molecule has 0 bridgehead atoms. The number of nitrogens with two attached hydrogens (primary N) is 1. The number of halogens is 1. The molecule has 0 radical (unpaired) electrons. The summed E-state index contributed by atoms with van der Waals surface area (Å²) in [7, 11) is 0.848. The Hall–Kier alpha value is -3.21. The summed E-state index contributed by atoms with van der Waals surface area (Å²) < 4.78 is 54.0. The molecule has 0 unspecified atom stereocenters. The number of esters is 1. The van der Waals surface area contributed by atoms with Crippen LogP contribution in [0.25, 0.3) is 0 Å². The Balaban J connectivity index is 1.93. The molecule has 3 rings (SSSR count). The van der Waals surface area contributed by atoms with E-state index in [1.54, 1.807) is 30.3 Å². The van der Waals surface area contributed by atoms with Crippen molar-refractivity contribution < 1.29 is 36.1 Å². The van der Waals surface area contributed by atoms with Crippen LogP contribution in [0.15, 0.2) is 60.2 Å². The highest BCUT2D eigenvalue weighted by Crippen LogP contribution is 2.38. The number of carbonyl (C=O) groups excluding carboxylic acids is 2. The molecule has 32 heavy (non-hydrogen) atoms. The zero-order chi connectivity index (χ0) is 23.9. The summed E-state index contributed by atoms with van der Waals surface area (Å²) in [4.78, 5) is 24.7. The largest absolute Gasteiger partial charge is 0.467 e. The Morgan fingerprint density at radius 3 is 2.38 bits per heavy atom. The van der Waals surface area contributed by atoms with Crippen molar-refractivity contribution in [2.75, 3.05) is 7.11 Å². The van der Waals surface area contributed by atoms with Crippen molar-refractivity contribution in [1.29, 1.82) is 0 Å². The Morgan fingerprint density at radius 1 is 1.19 bits per heavy atom. The Morgan fingerprint density at radius 2 is 1.81 bits per heavy atom. The van der Waals surface area contributed by atoms with Crippen molar-refractivity contribution in [2.24, 2.45) is 5.73 Å². The van der Waals surface area contributed by atoms with E-state index >= 15 is 0 Å². The topological polar surface area (TPSA) is 122 Å². The molecule has 0 fully saturated rings. The summed E-state index contributed by atoms with van der Waals surface area (Å²) in [6.45, 7) is 0. The first-order valence-electron chi connectivity index (χ1n) is 9.46. The number of hydrogen-bond donors (Lipinski definition) is 1. The van der Waals surface area contributed by atoms with Gasteiger partial charge in [-0.2, -0.15) is 8.42 Å². The quantitative estimate of drug-likeness (QED) is 0.318. The van der Waals surface area contributed by atoms with Crippen LogP contribution >= 0.6 is 0 Å². The fourth-order valence-electron chi connectivity index (χ4n) is 3.20. The van der Waals surface area contributed by atoms with Crippen LogP contribution in [0.1, 0.15) is 21.5 Å². The Bertz CT molecular complexity index is 1230. The molecule has 0 aromatic heterocycles. The fourth-order valence-corrected chi connectivity index (χ4v) is 4.21. The van der Waals surface area contributed by atoms with Gasteiger partial charge in [-0.05, 0) is 23.3 Å². The highest BCUT2D eigenvalue weighted by molar-refractivity contribution is 7.90. The lowest BCUT2D eigenvalue weighted by molar-refractivity contribution is -0.126. The van der Waals surface area contributed by atoms with E-state index in [1.165, 1.54) is 29.6 Å². The second-order valence-electron chi connectivity index (χ2n) is 7.76. The molecule has 13 heteroatoms. The minimum Gasteiger partial charge on any atom is -0.467 e. The number of carbonyl (C=O) groups is 2. The number of ketones is 1. The molecular weight excluding hydrogens is 438 g/mol. The normalized spacial score (nSPS) is 18.9. The third-order valence-electron chi connectivity index (χ3n) is 5.39. The van der Waals surface area contributed by atoms with Gasteiger partial charge >= 0.3 is 16.1 Å². The molecule has 8 nitrogen and oxygen atoms in total. The number of Topliss-reactive ketones (excluding diaryl/α,β-unsaturated/α-hetero) is 1. The Labute approximate surface area is 187 Å². The van der Waals surface area contributed by atoms with Gasteiger partial charge in [0.2, 0.25) is 17.4 Å². The van der Waals surface area contributed by atoms with Gasteiger partial charge in [-0.1, -0.05) is 36.4 Å². The lowest BCUT2D eigenvalue weighted by atomic mass is 9.65. The third kappa shape index (κ3) is 3.77.